The fourth-order valence-electron chi connectivity index (χ4n) is 3.40. The average Bonchev–Trinajstić information content (AvgIpc) is 3.24. The van der Waals surface area contributed by atoms with E-state index in [4.69, 9.17) is 0 Å². The molecular formula is C22H27N3O3S. The molecule has 0 unspecified atom stereocenters. The third kappa shape index (κ3) is 5.29. The molecule has 0 bridgehead atoms. The first-order valence-corrected chi connectivity index (χ1v) is 10.6. The highest BCUT2D eigenvalue weighted by Crippen LogP contribution is 2.27. The van der Waals surface area contributed by atoms with Crippen LogP contribution in [-0.4, -0.2) is 40.1 Å². The number of likely N-dealkylation sites (tertiary alicyclic amines) is 1. The van der Waals surface area contributed by atoms with Crippen molar-refractivity contribution in [3.63, 3.8) is 0 Å². The average molecular weight is 414 g/mol. The van der Waals surface area contributed by atoms with Crippen LogP contribution in [0.1, 0.15) is 44.9 Å². The van der Waals surface area contributed by atoms with Gasteiger partial charge in [-0.25, -0.2) is 4.98 Å². The summed E-state index contributed by atoms with van der Waals surface area (Å²) in [6, 6.07) is 7.26. The second kappa shape index (κ2) is 8.45. The molecule has 1 N–H and O–H groups in total. The summed E-state index contributed by atoms with van der Waals surface area (Å²) < 4.78 is 0. The number of benzene rings is 1. The topological polar surface area (TPSA) is 79.4 Å². The van der Waals surface area contributed by atoms with Gasteiger partial charge in [0.05, 0.1) is 22.6 Å². The molecule has 1 aliphatic rings. The summed E-state index contributed by atoms with van der Waals surface area (Å²) in [4.78, 5) is 44.0. The van der Waals surface area contributed by atoms with E-state index in [9.17, 15) is 14.4 Å². The Labute approximate surface area is 175 Å². The number of aryl methyl sites for hydroxylation is 1. The largest absolute Gasteiger partial charge is 0.350 e. The number of ketones is 1. The molecule has 1 aliphatic heterocycles. The van der Waals surface area contributed by atoms with Gasteiger partial charge < -0.3 is 10.2 Å². The van der Waals surface area contributed by atoms with E-state index in [-0.39, 0.29) is 36.0 Å². The lowest BCUT2D eigenvalue weighted by Gasteiger charge is -2.26. The highest BCUT2D eigenvalue weighted by atomic mass is 32.1. The Kier molecular flexibility index (Phi) is 6.17. The molecule has 1 aromatic carbocycles. The Morgan fingerprint density at radius 2 is 1.93 bits per heavy atom. The number of carbonyl (C=O) groups excluding carboxylic acids is 3. The predicted molar refractivity (Wildman–Crippen MR) is 113 cm³/mol. The molecule has 1 fully saturated rings. The minimum atomic E-state index is -0.712. The molecule has 0 spiro atoms. The Bertz CT molecular complexity index is 912. The quantitative estimate of drug-likeness (QED) is 0.815. The standard InChI is InChI=1S/C22H27N3O3S/c1-14-20(29-13-24-14)16-7-5-15(6-8-16)11-23-21(28)18-9-17(26)12-25(18)19(27)10-22(2,3)4/h5-8,13,18H,9-12H2,1-4H3,(H,23,28)/t18-/m0/s1. The number of nitrogens with one attached hydrogen (secondary N) is 1. The number of hydrogen-bond acceptors (Lipinski definition) is 5. The molecule has 0 radical (unpaired) electrons. The maximum absolute atomic E-state index is 12.7. The maximum Gasteiger partial charge on any atom is 0.243 e. The van der Waals surface area contributed by atoms with Crippen molar-refractivity contribution in [2.75, 3.05) is 6.54 Å². The first-order valence-electron chi connectivity index (χ1n) is 9.72. The normalized spacial score (nSPS) is 16.9. The van der Waals surface area contributed by atoms with Gasteiger partial charge in [-0.2, -0.15) is 0 Å². The summed E-state index contributed by atoms with van der Waals surface area (Å²) in [6.45, 7) is 8.26. The van der Waals surface area contributed by atoms with Gasteiger partial charge in [0.1, 0.15) is 6.04 Å². The molecule has 1 aromatic heterocycles. The SMILES string of the molecule is Cc1ncsc1-c1ccc(CNC(=O)[C@@H]2CC(=O)CN2C(=O)CC(C)(C)C)cc1. The number of aromatic nitrogens is 1. The lowest BCUT2D eigenvalue weighted by Crippen LogP contribution is -2.46. The maximum atomic E-state index is 12.7. The van der Waals surface area contributed by atoms with Gasteiger partial charge in [0.2, 0.25) is 11.8 Å². The Hall–Kier alpha value is -2.54. The van der Waals surface area contributed by atoms with Gasteiger partial charge in [-0.05, 0) is 23.5 Å². The summed E-state index contributed by atoms with van der Waals surface area (Å²) in [5.74, 6) is -0.495. The van der Waals surface area contributed by atoms with Crippen LogP contribution in [0.25, 0.3) is 10.4 Å². The van der Waals surface area contributed by atoms with E-state index in [0.29, 0.717) is 13.0 Å². The van der Waals surface area contributed by atoms with E-state index in [0.717, 1.165) is 21.7 Å². The van der Waals surface area contributed by atoms with Crippen LogP contribution in [0, 0.1) is 12.3 Å². The molecule has 29 heavy (non-hydrogen) atoms. The second-order valence-corrected chi connectivity index (χ2v) is 9.55. The van der Waals surface area contributed by atoms with Gasteiger partial charge >= 0.3 is 0 Å². The zero-order valence-corrected chi connectivity index (χ0v) is 18.1. The number of rotatable bonds is 5. The van der Waals surface area contributed by atoms with Gasteiger partial charge in [-0.3, -0.25) is 14.4 Å². The molecule has 154 valence electrons. The van der Waals surface area contributed by atoms with Gasteiger partial charge in [0, 0.05) is 19.4 Å². The first kappa shape index (κ1) is 21.2. The van der Waals surface area contributed by atoms with Crippen molar-refractivity contribution in [1.82, 2.24) is 15.2 Å². The second-order valence-electron chi connectivity index (χ2n) is 8.70. The van der Waals surface area contributed by atoms with E-state index >= 15 is 0 Å². The number of amides is 2. The number of Topliss-reactive ketones (excluding diaryl/α,β-unsaturated/α-hetero) is 1. The lowest BCUT2D eigenvalue weighted by molar-refractivity contribution is -0.140. The van der Waals surface area contributed by atoms with Crippen molar-refractivity contribution in [3.05, 3.63) is 41.0 Å². The highest BCUT2D eigenvalue weighted by molar-refractivity contribution is 7.13. The summed E-state index contributed by atoms with van der Waals surface area (Å²) >= 11 is 1.60. The van der Waals surface area contributed by atoms with E-state index in [1.54, 1.807) is 11.3 Å². The molecule has 6 nitrogen and oxygen atoms in total. The molecule has 3 rings (SSSR count). The highest BCUT2D eigenvalue weighted by Gasteiger charge is 2.39. The van der Waals surface area contributed by atoms with Crippen LogP contribution < -0.4 is 5.32 Å². The van der Waals surface area contributed by atoms with Crippen LogP contribution in [0.4, 0.5) is 0 Å². The third-order valence-electron chi connectivity index (χ3n) is 4.88. The Balaban J connectivity index is 1.61. The van der Waals surface area contributed by atoms with Crippen molar-refractivity contribution in [2.45, 2.75) is 53.1 Å². The van der Waals surface area contributed by atoms with Crippen molar-refractivity contribution >= 4 is 28.9 Å². The van der Waals surface area contributed by atoms with Crippen LogP contribution in [0.3, 0.4) is 0 Å². The van der Waals surface area contributed by atoms with Crippen LogP contribution in [0.15, 0.2) is 29.8 Å². The van der Waals surface area contributed by atoms with E-state index in [1.165, 1.54) is 4.90 Å². The number of thiazole rings is 1. The van der Waals surface area contributed by atoms with Crippen LogP contribution in [0.5, 0.6) is 0 Å². The van der Waals surface area contributed by atoms with Crippen LogP contribution >= 0.6 is 11.3 Å². The molecule has 2 heterocycles. The van der Waals surface area contributed by atoms with Crippen molar-refractivity contribution in [2.24, 2.45) is 5.41 Å². The minimum Gasteiger partial charge on any atom is -0.350 e. The van der Waals surface area contributed by atoms with E-state index in [1.807, 2.05) is 57.5 Å². The molecule has 0 aliphatic carbocycles. The number of carbonyl (C=O) groups is 3. The zero-order valence-electron chi connectivity index (χ0n) is 17.3. The lowest BCUT2D eigenvalue weighted by atomic mass is 9.91. The molecule has 1 saturated heterocycles. The fraction of sp³-hybridized carbons (Fsp3) is 0.455. The fourth-order valence-corrected chi connectivity index (χ4v) is 4.21. The van der Waals surface area contributed by atoms with Gasteiger partial charge in [-0.15, -0.1) is 11.3 Å². The van der Waals surface area contributed by atoms with E-state index in [2.05, 4.69) is 10.3 Å². The van der Waals surface area contributed by atoms with Crippen LogP contribution in [0.2, 0.25) is 0 Å². The third-order valence-corrected chi connectivity index (χ3v) is 5.85. The number of nitrogens with zero attached hydrogens (tertiary/aromatic N) is 2. The number of hydrogen-bond donors (Lipinski definition) is 1. The van der Waals surface area contributed by atoms with E-state index < -0.39 is 6.04 Å². The van der Waals surface area contributed by atoms with Gasteiger partial charge in [-0.1, -0.05) is 45.0 Å². The molecule has 2 amide bonds. The van der Waals surface area contributed by atoms with Gasteiger partial charge in [0.15, 0.2) is 5.78 Å². The van der Waals surface area contributed by atoms with Crippen LogP contribution in [-0.2, 0) is 20.9 Å². The summed E-state index contributed by atoms with van der Waals surface area (Å²) in [7, 11) is 0. The molecular weight excluding hydrogens is 386 g/mol. The molecule has 0 saturated carbocycles. The predicted octanol–water partition coefficient (Wildman–Crippen LogP) is 3.34. The van der Waals surface area contributed by atoms with Crippen molar-refractivity contribution in [3.8, 4) is 10.4 Å². The Morgan fingerprint density at radius 1 is 1.24 bits per heavy atom. The minimum absolute atomic E-state index is 0.0237. The summed E-state index contributed by atoms with van der Waals surface area (Å²) in [6.07, 6.45) is 0.397. The summed E-state index contributed by atoms with van der Waals surface area (Å²) in [5.41, 5.74) is 4.69. The summed E-state index contributed by atoms with van der Waals surface area (Å²) in [5, 5.41) is 2.88. The molecule has 7 heteroatoms. The van der Waals surface area contributed by atoms with Crippen molar-refractivity contribution in [1.29, 1.82) is 0 Å². The zero-order chi connectivity index (χ0) is 21.2. The smallest absolute Gasteiger partial charge is 0.243 e. The molecule has 1 atom stereocenters. The Morgan fingerprint density at radius 3 is 2.52 bits per heavy atom. The van der Waals surface area contributed by atoms with Crippen molar-refractivity contribution < 1.29 is 14.4 Å². The van der Waals surface area contributed by atoms with Gasteiger partial charge in [0.25, 0.3) is 0 Å². The molecule has 2 aromatic rings. The first-order chi connectivity index (χ1) is 13.6. The monoisotopic (exact) mass is 413 g/mol.